The van der Waals surface area contributed by atoms with Crippen LogP contribution >= 0.6 is 11.3 Å². The topological polar surface area (TPSA) is 72.7 Å². The molecule has 2 aromatic heterocycles. The number of hydrogen-bond donors (Lipinski definition) is 1. The van der Waals surface area contributed by atoms with Gasteiger partial charge < -0.3 is 9.88 Å². The second-order valence-corrected chi connectivity index (χ2v) is 8.84. The maximum atomic E-state index is 14.6. The molecule has 6 nitrogen and oxygen atoms in total. The number of carbonyl (C=O) groups is 1. The normalized spacial score (nSPS) is 13.7. The van der Waals surface area contributed by atoms with Gasteiger partial charge in [0.05, 0.1) is 20.8 Å². The van der Waals surface area contributed by atoms with Crippen LogP contribution in [-0.2, 0) is 24.2 Å². The Labute approximate surface area is 183 Å². The molecule has 0 unspecified atom stereocenters. The van der Waals surface area contributed by atoms with Gasteiger partial charge in [0.15, 0.2) is 5.82 Å². The van der Waals surface area contributed by atoms with Crippen molar-refractivity contribution < 1.29 is 9.18 Å². The maximum absolute atomic E-state index is 14.6. The number of aryl methyl sites for hydroxylation is 2. The largest absolute Gasteiger partial charge is 0.326 e. The third-order valence-corrected chi connectivity index (χ3v) is 6.60. The van der Waals surface area contributed by atoms with Gasteiger partial charge in [-0.2, -0.15) is 0 Å². The summed E-state index contributed by atoms with van der Waals surface area (Å²) >= 11 is 1.60. The lowest BCUT2D eigenvalue weighted by Crippen LogP contribution is -2.12. The highest BCUT2D eigenvalue weighted by molar-refractivity contribution is 7.18. The van der Waals surface area contributed by atoms with Crippen LogP contribution in [0, 0.1) is 5.82 Å². The van der Waals surface area contributed by atoms with Crippen LogP contribution in [0.1, 0.15) is 36.5 Å². The van der Waals surface area contributed by atoms with Crippen LogP contribution in [0.15, 0.2) is 42.5 Å². The number of anilines is 1. The number of fused-ring (bicyclic) bond motifs is 2. The Balaban J connectivity index is 1.30. The molecule has 158 valence electrons. The zero-order valence-corrected chi connectivity index (χ0v) is 17.8. The lowest BCUT2D eigenvalue weighted by molar-refractivity contribution is -0.116. The third kappa shape index (κ3) is 4.20. The number of aromatic nitrogens is 4. The van der Waals surface area contributed by atoms with Gasteiger partial charge in [0.25, 0.3) is 0 Å². The first-order valence-electron chi connectivity index (χ1n) is 10.5. The van der Waals surface area contributed by atoms with Gasteiger partial charge in [0.2, 0.25) is 5.91 Å². The molecule has 3 heterocycles. The Hall–Kier alpha value is -3.13. The molecule has 0 aliphatic carbocycles. The number of nitrogens with zero attached hydrogens (tertiary/aromatic N) is 4. The van der Waals surface area contributed by atoms with Gasteiger partial charge in [-0.05, 0) is 43.2 Å². The van der Waals surface area contributed by atoms with Crippen molar-refractivity contribution in [1.82, 2.24) is 19.7 Å². The van der Waals surface area contributed by atoms with Crippen molar-refractivity contribution >= 4 is 33.1 Å². The summed E-state index contributed by atoms with van der Waals surface area (Å²) in [5, 5.41) is 12.3. The summed E-state index contributed by atoms with van der Waals surface area (Å²) in [6.45, 7) is 0.788. The second-order valence-electron chi connectivity index (χ2n) is 7.72. The summed E-state index contributed by atoms with van der Waals surface area (Å²) in [7, 11) is 0. The van der Waals surface area contributed by atoms with Crippen LogP contribution in [-0.4, -0.2) is 25.7 Å². The summed E-state index contributed by atoms with van der Waals surface area (Å²) in [6.07, 6.45) is 4.98. The molecule has 31 heavy (non-hydrogen) atoms. The average Bonchev–Trinajstić information content (AvgIpc) is 3.30. The number of amides is 1. The average molecular weight is 436 g/mol. The van der Waals surface area contributed by atoms with Gasteiger partial charge in [-0.25, -0.2) is 9.37 Å². The van der Waals surface area contributed by atoms with Crippen molar-refractivity contribution in [2.75, 3.05) is 5.32 Å². The fraction of sp³-hybridized carbons (Fsp3) is 0.304. The molecule has 0 fully saturated rings. The van der Waals surface area contributed by atoms with Gasteiger partial charge in [0, 0.05) is 31.5 Å². The van der Waals surface area contributed by atoms with Crippen LogP contribution in [0.3, 0.4) is 0 Å². The summed E-state index contributed by atoms with van der Waals surface area (Å²) in [5.74, 6) is 0.931. The SMILES string of the molecule is O=C(CCc1nc2ccccc2s1)Nc1ccc(F)c(-c2nnc3n2CCCCC3)c1. The molecule has 8 heteroatoms. The number of benzene rings is 2. The summed E-state index contributed by atoms with van der Waals surface area (Å²) < 4.78 is 17.7. The van der Waals surface area contributed by atoms with E-state index in [2.05, 4.69) is 20.5 Å². The Morgan fingerprint density at radius 1 is 1.13 bits per heavy atom. The Kier molecular flexibility index (Phi) is 5.46. The van der Waals surface area contributed by atoms with Gasteiger partial charge in [-0.3, -0.25) is 4.79 Å². The van der Waals surface area contributed by atoms with E-state index in [0.29, 0.717) is 29.9 Å². The third-order valence-electron chi connectivity index (χ3n) is 5.50. The molecular weight excluding hydrogens is 413 g/mol. The second kappa shape index (κ2) is 8.55. The monoisotopic (exact) mass is 435 g/mol. The van der Waals surface area contributed by atoms with Crippen LogP contribution < -0.4 is 5.32 Å². The summed E-state index contributed by atoms with van der Waals surface area (Å²) in [6, 6.07) is 12.5. The zero-order chi connectivity index (χ0) is 21.2. The fourth-order valence-electron chi connectivity index (χ4n) is 3.93. The van der Waals surface area contributed by atoms with E-state index in [-0.39, 0.29) is 11.7 Å². The Morgan fingerprint density at radius 2 is 2.03 bits per heavy atom. The molecule has 5 rings (SSSR count). The number of halogens is 1. The molecule has 1 amide bonds. The van der Waals surface area contributed by atoms with E-state index < -0.39 is 0 Å². The number of hydrogen-bond acceptors (Lipinski definition) is 5. The maximum Gasteiger partial charge on any atom is 0.224 e. The molecule has 1 aliphatic heterocycles. The first-order chi connectivity index (χ1) is 15.2. The standard InChI is InChI=1S/C23H22FN5OS/c24-17-10-9-15(14-16(17)23-28-27-20-8-2-1-5-13-29(20)23)25-21(30)11-12-22-26-18-6-3-4-7-19(18)31-22/h3-4,6-7,9-10,14H,1-2,5,8,11-13H2,(H,25,30). The fourth-order valence-corrected chi connectivity index (χ4v) is 4.90. The minimum atomic E-state index is -0.369. The highest BCUT2D eigenvalue weighted by atomic mass is 32.1. The van der Waals surface area contributed by atoms with Crippen molar-refractivity contribution in [3.05, 3.63) is 59.1 Å². The lowest BCUT2D eigenvalue weighted by atomic mass is 10.1. The first kappa shape index (κ1) is 19.8. The van der Waals surface area contributed by atoms with E-state index in [1.54, 1.807) is 23.5 Å². The lowest BCUT2D eigenvalue weighted by Gasteiger charge is -2.10. The highest BCUT2D eigenvalue weighted by Crippen LogP contribution is 2.28. The van der Waals surface area contributed by atoms with Gasteiger partial charge in [-0.1, -0.05) is 18.6 Å². The van der Waals surface area contributed by atoms with E-state index in [1.807, 2.05) is 28.8 Å². The summed E-state index contributed by atoms with van der Waals surface area (Å²) in [5.41, 5.74) is 1.87. The predicted octanol–water partition coefficient (Wildman–Crippen LogP) is 4.99. The van der Waals surface area contributed by atoms with Crippen molar-refractivity contribution in [2.24, 2.45) is 0 Å². The quantitative estimate of drug-likeness (QED) is 0.479. The van der Waals surface area contributed by atoms with Gasteiger partial charge in [-0.15, -0.1) is 21.5 Å². The van der Waals surface area contributed by atoms with Crippen molar-refractivity contribution in [3.8, 4) is 11.4 Å². The van der Waals surface area contributed by atoms with Crippen LogP contribution in [0.2, 0.25) is 0 Å². The van der Waals surface area contributed by atoms with Crippen LogP contribution in [0.5, 0.6) is 0 Å². The molecule has 4 aromatic rings. The number of nitrogens with one attached hydrogen (secondary N) is 1. The van der Waals surface area contributed by atoms with Gasteiger partial charge in [0.1, 0.15) is 11.6 Å². The van der Waals surface area contributed by atoms with Crippen LogP contribution in [0.25, 0.3) is 21.6 Å². The molecule has 1 aliphatic rings. The minimum Gasteiger partial charge on any atom is -0.326 e. The van der Waals surface area contributed by atoms with E-state index in [1.165, 1.54) is 6.07 Å². The number of rotatable bonds is 5. The Bertz CT molecular complexity index is 1210. The first-order valence-corrected chi connectivity index (χ1v) is 11.4. The molecule has 0 radical (unpaired) electrons. The molecule has 0 spiro atoms. The molecule has 0 atom stereocenters. The number of thiazole rings is 1. The molecule has 1 N–H and O–H groups in total. The molecule has 0 bridgehead atoms. The van der Waals surface area contributed by atoms with E-state index in [4.69, 9.17) is 0 Å². The zero-order valence-electron chi connectivity index (χ0n) is 17.0. The van der Waals surface area contributed by atoms with Crippen molar-refractivity contribution in [3.63, 3.8) is 0 Å². The minimum absolute atomic E-state index is 0.128. The molecule has 0 saturated carbocycles. The van der Waals surface area contributed by atoms with Crippen molar-refractivity contribution in [2.45, 2.75) is 45.1 Å². The van der Waals surface area contributed by atoms with Crippen LogP contribution in [0.4, 0.5) is 10.1 Å². The number of para-hydroxylation sites is 1. The predicted molar refractivity (Wildman–Crippen MR) is 120 cm³/mol. The summed E-state index contributed by atoms with van der Waals surface area (Å²) in [4.78, 5) is 17.1. The van der Waals surface area contributed by atoms with Crippen molar-refractivity contribution in [1.29, 1.82) is 0 Å². The van der Waals surface area contributed by atoms with E-state index in [9.17, 15) is 9.18 Å². The Morgan fingerprint density at radius 3 is 2.94 bits per heavy atom. The van der Waals surface area contributed by atoms with E-state index in [0.717, 1.165) is 53.3 Å². The molecular formula is C23H22FN5OS. The smallest absolute Gasteiger partial charge is 0.224 e. The molecule has 2 aromatic carbocycles. The van der Waals surface area contributed by atoms with Gasteiger partial charge >= 0.3 is 0 Å². The molecule has 0 saturated heterocycles. The van der Waals surface area contributed by atoms with E-state index >= 15 is 0 Å². The highest BCUT2D eigenvalue weighted by Gasteiger charge is 2.19. The number of carbonyl (C=O) groups excluding carboxylic acids is 1.